The Bertz CT molecular complexity index is 1170. The summed E-state index contributed by atoms with van der Waals surface area (Å²) in [6.07, 6.45) is 3.10. The lowest BCUT2D eigenvalue weighted by Gasteiger charge is -2.10. The van der Waals surface area contributed by atoms with Gasteiger partial charge in [0.05, 0.1) is 17.6 Å². The Morgan fingerprint density at radius 3 is 2.71 bits per heavy atom. The van der Waals surface area contributed by atoms with Gasteiger partial charge in [-0.3, -0.25) is 0 Å². The summed E-state index contributed by atoms with van der Waals surface area (Å²) in [4.78, 5) is 4.50. The van der Waals surface area contributed by atoms with Gasteiger partial charge in [0.1, 0.15) is 5.69 Å². The Hall–Kier alpha value is -3.17. The topological polar surface area (TPSA) is 86.6 Å². The summed E-state index contributed by atoms with van der Waals surface area (Å²) in [5.41, 5.74) is 2.99. The number of benzene rings is 1. The largest absolute Gasteiger partial charge is 0.454 e. The van der Waals surface area contributed by atoms with Gasteiger partial charge in [0, 0.05) is 19.7 Å². The van der Waals surface area contributed by atoms with Gasteiger partial charge in [-0.15, -0.1) is 0 Å². The van der Waals surface area contributed by atoms with Gasteiger partial charge in [0.25, 0.3) is 0 Å². The van der Waals surface area contributed by atoms with Gasteiger partial charge in [-0.2, -0.15) is 21.9 Å². The molecule has 1 aliphatic heterocycles. The van der Waals surface area contributed by atoms with Gasteiger partial charge in [-0.25, -0.2) is 4.98 Å². The molecule has 144 valence electrons. The summed E-state index contributed by atoms with van der Waals surface area (Å²) in [5.74, 6) is 1.24. The Balaban J connectivity index is 1.93. The molecule has 0 aliphatic carbocycles. The Morgan fingerprint density at radius 1 is 1.18 bits per heavy atom. The van der Waals surface area contributed by atoms with Crippen molar-refractivity contribution < 1.29 is 17.9 Å². The van der Waals surface area contributed by atoms with Crippen molar-refractivity contribution in [2.24, 2.45) is 0 Å². The minimum absolute atomic E-state index is 0.156. The molecule has 2 aromatic heterocycles. The summed E-state index contributed by atoms with van der Waals surface area (Å²) >= 11 is 0. The Kier molecular flexibility index (Phi) is 4.40. The second kappa shape index (κ2) is 6.77. The SMILES string of the molecule is C=Cc1cccc(-c2nn(S(=O)(=O)N(C)C)cc2-c2ccc3c(c2)OCO3)n1. The van der Waals surface area contributed by atoms with Gasteiger partial charge in [-0.1, -0.05) is 18.7 Å². The fraction of sp³-hybridized carbons (Fsp3) is 0.158. The van der Waals surface area contributed by atoms with Crippen LogP contribution >= 0.6 is 0 Å². The number of pyridine rings is 1. The Morgan fingerprint density at radius 2 is 1.96 bits per heavy atom. The fourth-order valence-electron chi connectivity index (χ4n) is 2.80. The van der Waals surface area contributed by atoms with E-state index < -0.39 is 10.2 Å². The molecule has 0 spiro atoms. The third kappa shape index (κ3) is 3.04. The second-order valence-electron chi connectivity index (χ2n) is 6.27. The molecule has 0 fully saturated rings. The minimum atomic E-state index is -3.79. The van der Waals surface area contributed by atoms with Crippen LogP contribution < -0.4 is 9.47 Å². The van der Waals surface area contributed by atoms with E-state index in [4.69, 9.17) is 9.47 Å². The van der Waals surface area contributed by atoms with E-state index in [-0.39, 0.29) is 6.79 Å². The first-order valence-corrected chi connectivity index (χ1v) is 9.82. The predicted molar refractivity (Wildman–Crippen MR) is 105 cm³/mol. The maximum absolute atomic E-state index is 12.6. The molecule has 1 aliphatic rings. The third-order valence-corrected chi connectivity index (χ3v) is 5.88. The van der Waals surface area contributed by atoms with Crippen LogP contribution in [0.25, 0.3) is 28.6 Å². The standard InChI is InChI=1S/C19H18N4O4S/c1-4-14-6-5-7-16(20-14)19-15(11-23(21-19)28(24,25)22(2)3)13-8-9-17-18(10-13)27-12-26-17/h4-11H,1,12H2,2-3H3. The summed E-state index contributed by atoms with van der Waals surface area (Å²) in [5, 5.41) is 4.34. The zero-order valence-electron chi connectivity index (χ0n) is 15.4. The van der Waals surface area contributed by atoms with Gasteiger partial charge in [0.15, 0.2) is 11.5 Å². The molecule has 0 amide bonds. The van der Waals surface area contributed by atoms with Crippen LogP contribution in [0.3, 0.4) is 0 Å². The van der Waals surface area contributed by atoms with Crippen LogP contribution in [0, 0.1) is 0 Å². The normalized spacial score (nSPS) is 13.1. The number of hydrogen-bond acceptors (Lipinski definition) is 6. The van der Waals surface area contributed by atoms with Gasteiger partial charge in [0.2, 0.25) is 6.79 Å². The number of hydrogen-bond donors (Lipinski definition) is 0. The minimum Gasteiger partial charge on any atom is -0.454 e. The summed E-state index contributed by atoms with van der Waals surface area (Å²) in [6, 6.07) is 10.8. The number of ether oxygens (including phenoxy) is 2. The molecule has 0 saturated heterocycles. The molecule has 0 radical (unpaired) electrons. The first-order valence-electron chi connectivity index (χ1n) is 8.43. The van der Waals surface area contributed by atoms with E-state index in [1.165, 1.54) is 20.3 Å². The van der Waals surface area contributed by atoms with Crippen molar-refractivity contribution in [2.75, 3.05) is 20.9 Å². The van der Waals surface area contributed by atoms with Crippen LogP contribution in [-0.2, 0) is 10.2 Å². The maximum atomic E-state index is 12.6. The smallest absolute Gasteiger partial charge is 0.322 e. The molecule has 0 unspecified atom stereocenters. The molecule has 9 heteroatoms. The lowest BCUT2D eigenvalue weighted by atomic mass is 10.0. The van der Waals surface area contributed by atoms with E-state index in [9.17, 15) is 8.42 Å². The molecule has 0 saturated carbocycles. The molecule has 8 nitrogen and oxygen atoms in total. The van der Waals surface area contributed by atoms with Gasteiger partial charge < -0.3 is 9.47 Å². The first-order chi connectivity index (χ1) is 13.4. The molecule has 0 bridgehead atoms. The lowest BCUT2D eigenvalue weighted by Crippen LogP contribution is -2.29. The average molecular weight is 398 g/mol. The van der Waals surface area contributed by atoms with E-state index >= 15 is 0 Å². The number of nitrogens with zero attached hydrogens (tertiary/aromatic N) is 4. The van der Waals surface area contributed by atoms with Crippen LogP contribution in [-0.4, -0.2) is 47.8 Å². The Labute approximate surface area is 162 Å². The molecule has 28 heavy (non-hydrogen) atoms. The van der Waals surface area contributed by atoms with Crippen LogP contribution in [0.2, 0.25) is 0 Å². The monoisotopic (exact) mass is 398 g/mol. The fourth-order valence-corrected chi connectivity index (χ4v) is 3.56. The van der Waals surface area contributed by atoms with Crippen molar-refractivity contribution in [3.63, 3.8) is 0 Å². The van der Waals surface area contributed by atoms with Crippen LogP contribution in [0.5, 0.6) is 11.5 Å². The summed E-state index contributed by atoms with van der Waals surface area (Å²) in [6.45, 7) is 3.89. The maximum Gasteiger partial charge on any atom is 0.322 e. The first kappa shape index (κ1) is 18.2. The van der Waals surface area contributed by atoms with Crippen molar-refractivity contribution in [3.05, 3.63) is 54.9 Å². The van der Waals surface area contributed by atoms with E-state index in [1.54, 1.807) is 24.3 Å². The molecule has 3 aromatic rings. The predicted octanol–water partition coefficient (Wildman–Crippen LogP) is 2.64. The highest BCUT2D eigenvalue weighted by molar-refractivity contribution is 7.87. The van der Waals surface area contributed by atoms with E-state index in [0.29, 0.717) is 34.1 Å². The zero-order valence-corrected chi connectivity index (χ0v) is 16.2. The van der Waals surface area contributed by atoms with Crippen molar-refractivity contribution in [2.45, 2.75) is 0 Å². The molecule has 3 heterocycles. The van der Waals surface area contributed by atoms with E-state index in [0.717, 1.165) is 14.0 Å². The van der Waals surface area contributed by atoms with Crippen molar-refractivity contribution in [1.29, 1.82) is 0 Å². The van der Waals surface area contributed by atoms with Crippen molar-refractivity contribution in [3.8, 4) is 34.0 Å². The molecular formula is C19H18N4O4S. The second-order valence-corrected chi connectivity index (χ2v) is 8.27. The highest BCUT2D eigenvalue weighted by Gasteiger charge is 2.24. The van der Waals surface area contributed by atoms with Crippen LogP contribution in [0.4, 0.5) is 0 Å². The summed E-state index contributed by atoms with van der Waals surface area (Å²) in [7, 11) is -0.883. The molecule has 1 aromatic carbocycles. The third-order valence-electron chi connectivity index (χ3n) is 4.30. The van der Waals surface area contributed by atoms with Crippen LogP contribution in [0.1, 0.15) is 5.69 Å². The highest BCUT2D eigenvalue weighted by Crippen LogP contribution is 2.38. The van der Waals surface area contributed by atoms with Crippen molar-refractivity contribution in [1.82, 2.24) is 18.5 Å². The lowest BCUT2D eigenvalue weighted by molar-refractivity contribution is 0.174. The molecular weight excluding hydrogens is 380 g/mol. The molecule has 0 atom stereocenters. The van der Waals surface area contributed by atoms with Crippen molar-refractivity contribution >= 4 is 16.3 Å². The summed E-state index contributed by atoms with van der Waals surface area (Å²) < 4.78 is 38.1. The van der Waals surface area contributed by atoms with E-state index in [1.807, 2.05) is 18.2 Å². The van der Waals surface area contributed by atoms with E-state index in [2.05, 4.69) is 16.7 Å². The quantitative estimate of drug-likeness (QED) is 0.657. The molecule has 0 N–H and O–H groups in total. The highest BCUT2D eigenvalue weighted by atomic mass is 32.2. The van der Waals surface area contributed by atoms with Gasteiger partial charge in [-0.05, 0) is 35.9 Å². The molecule has 4 rings (SSSR count). The number of aromatic nitrogens is 3. The van der Waals surface area contributed by atoms with Gasteiger partial charge >= 0.3 is 10.2 Å². The zero-order chi connectivity index (χ0) is 19.9. The average Bonchev–Trinajstić information content (AvgIpc) is 3.34. The van der Waals surface area contributed by atoms with Crippen LogP contribution in [0.15, 0.2) is 49.2 Å². The number of rotatable bonds is 5. The number of fused-ring (bicyclic) bond motifs is 1.